The fourth-order valence-corrected chi connectivity index (χ4v) is 1.76. The summed E-state index contributed by atoms with van der Waals surface area (Å²) in [5.74, 6) is -0.650. The van der Waals surface area contributed by atoms with E-state index in [2.05, 4.69) is 11.6 Å². The standard InChI is InChI=1S/C15H11F3N2O/c1-9(14(19)21)10-2-4-11(5-3-10)12-6-13(8-20-7-12)15(16,17)18/h2-8H,1H2,(H2,19,21). The lowest BCUT2D eigenvalue weighted by molar-refractivity contribution is -0.137. The summed E-state index contributed by atoms with van der Waals surface area (Å²) in [6.45, 7) is 3.54. The summed E-state index contributed by atoms with van der Waals surface area (Å²) in [7, 11) is 0. The van der Waals surface area contributed by atoms with E-state index in [0.717, 1.165) is 12.3 Å². The van der Waals surface area contributed by atoms with Crippen molar-refractivity contribution >= 4 is 11.5 Å². The molecule has 1 heterocycles. The molecular formula is C15H11F3N2O. The Morgan fingerprint density at radius 3 is 2.24 bits per heavy atom. The van der Waals surface area contributed by atoms with E-state index in [1.807, 2.05) is 0 Å². The molecule has 21 heavy (non-hydrogen) atoms. The lowest BCUT2D eigenvalue weighted by atomic mass is 10.0. The number of halogens is 3. The fourth-order valence-electron chi connectivity index (χ4n) is 1.76. The molecule has 1 aromatic carbocycles. The fraction of sp³-hybridized carbons (Fsp3) is 0.0667. The van der Waals surface area contributed by atoms with Crippen molar-refractivity contribution in [2.75, 3.05) is 0 Å². The van der Waals surface area contributed by atoms with Gasteiger partial charge in [0.25, 0.3) is 0 Å². The molecule has 108 valence electrons. The summed E-state index contributed by atoms with van der Waals surface area (Å²) in [5, 5.41) is 0. The van der Waals surface area contributed by atoms with E-state index >= 15 is 0 Å². The van der Waals surface area contributed by atoms with Crippen LogP contribution in [0.2, 0.25) is 0 Å². The second kappa shape index (κ2) is 5.40. The summed E-state index contributed by atoms with van der Waals surface area (Å²) in [6, 6.07) is 7.33. The van der Waals surface area contributed by atoms with Gasteiger partial charge in [-0.25, -0.2) is 0 Å². The number of primary amides is 1. The summed E-state index contributed by atoms with van der Waals surface area (Å²) in [4.78, 5) is 14.6. The molecule has 2 aromatic rings. The number of pyridine rings is 1. The topological polar surface area (TPSA) is 56.0 Å². The molecule has 6 heteroatoms. The highest BCUT2D eigenvalue weighted by molar-refractivity contribution is 6.17. The number of benzene rings is 1. The summed E-state index contributed by atoms with van der Waals surface area (Å²) in [6.07, 6.45) is -2.33. The Morgan fingerprint density at radius 2 is 1.71 bits per heavy atom. The maximum Gasteiger partial charge on any atom is 0.417 e. The molecule has 0 aliphatic carbocycles. The largest absolute Gasteiger partial charge is 0.417 e. The van der Waals surface area contributed by atoms with Crippen LogP contribution in [0, 0.1) is 0 Å². The Balaban J connectivity index is 2.35. The molecule has 1 amide bonds. The SMILES string of the molecule is C=C(C(N)=O)c1ccc(-c2cncc(C(F)(F)F)c2)cc1. The number of rotatable bonds is 3. The van der Waals surface area contributed by atoms with Gasteiger partial charge in [0.2, 0.25) is 5.91 Å². The smallest absolute Gasteiger partial charge is 0.366 e. The zero-order valence-corrected chi connectivity index (χ0v) is 10.8. The van der Waals surface area contributed by atoms with Crippen LogP contribution in [0.1, 0.15) is 11.1 Å². The van der Waals surface area contributed by atoms with E-state index in [1.54, 1.807) is 24.3 Å². The summed E-state index contributed by atoms with van der Waals surface area (Å²) >= 11 is 0. The molecule has 1 aromatic heterocycles. The molecule has 0 aliphatic rings. The van der Waals surface area contributed by atoms with Gasteiger partial charge < -0.3 is 5.73 Å². The Kier molecular flexibility index (Phi) is 3.80. The monoisotopic (exact) mass is 292 g/mol. The van der Waals surface area contributed by atoms with E-state index in [9.17, 15) is 18.0 Å². The number of hydrogen-bond acceptors (Lipinski definition) is 2. The summed E-state index contributed by atoms with van der Waals surface area (Å²) < 4.78 is 37.9. The third-order valence-electron chi connectivity index (χ3n) is 2.93. The number of nitrogens with zero attached hydrogens (tertiary/aromatic N) is 1. The number of carbonyl (C=O) groups excluding carboxylic acids is 1. The molecule has 3 nitrogen and oxygen atoms in total. The van der Waals surface area contributed by atoms with E-state index in [4.69, 9.17) is 5.73 Å². The van der Waals surface area contributed by atoms with Gasteiger partial charge in [0, 0.05) is 23.5 Å². The van der Waals surface area contributed by atoms with Crippen molar-refractivity contribution in [1.82, 2.24) is 4.98 Å². The van der Waals surface area contributed by atoms with Gasteiger partial charge in [0.05, 0.1) is 5.56 Å². The average Bonchev–Trinajstić information content (AvgIpc) is 2.46. The maximum atomic E-state index is 12.6. The number of hydrogen-bond donors (Lipinski definition) is 1. The predicted molar refractivity (Wildman–Crippen MR) is 72.9 cm³/mol. The molecule has 0 aliphatic heterocycles. The number of alkyl halides is 3. The van der Waals surface area contributed by atoms with Crippen molar-refractivity contribution in [3.63, 3.8) is 0 Å². The van der Waals surface area contributed by atoms with E-state index < -0.39 is 17.6 Å². The highest BCUT2D eigenvalue weighted by atomic mass is 19.4. The number of nitrogens with two attached hydrogens (primary N) is 1. The normalized spacial score (nSPS) is 11.2. The minimum atomic E-state index is -4.44. The van der Waals surface area contributed by atoms with Gasteiger partial charge in [-0.05, 0) is 17.2 Å². The highest BCUT2D eigenvalue weighted by Gasteiger charge is 2.31. The zero-order chi connectivity index (χ0) is 15.6. The Morgan fingerprint density at radius 1 is 1.10 bits per heavy atom. The minimum absolute atomic E-state index is 0.142. The zero-order valence-electron chi connectivity index (χ0n) is 10.8. The predicted octanol–water partition coefficient (Wildman–Crippen LogP) is 3.27. The summed E-state index contributed by atoms with van der Waals surface area (Å²) in [5.41, 5.74) is 5.84. The first kappa shape index (κ1) is 14.8. The minimum Gasteiger partial charge on any atom is -0.366 e. The molecule has 0 bridgehead atoms. The van der Waals surface area contributed by atoms with E-state index in [0.29, 0.717) is 16.7 Å². The number of aromatic nitrogens is 1. The second-order valence-corrected chi connectivity index (χ2v) is 4.38. The van der Waals surface area contributed by atoms with Crippen molar-refractivity contribution in [3.8, 4) is 11.1 Å². The van der Waals surface area contributed by atoms with Crippen molar-refractivity contribution < 1.29 is 18.0 Å². The van der Waals surface area contributed by atoms with Gasteiger partial charge in [-0.1, -0.05) is 30.8 Å². The lowest BCUT2D eigenvalue weighted by Gasteiger charge is -2.09. The Hall–Kier alpha value is -2.63. The van der Waals surface area contributed by atoms with Gasteiger partial charge in [0.15, 0.2) is 0 Å². The van der Waals surface area contributed by atoms with Crippen LogP contribution in [0.4, 0.5) is 13.2 Å². The van der Waals surface area contributed by atoms with Gasteiger partial charge >= 0.3 is 6.18 Å². The molecule has 0 spiro atoms. The first-order valence-electron chi connectivity index (χ1n) is 5.91. The molecule has 0 unspecified atom stereocenters. The van der Waals surface area contributed by atoms with Gasteiger partial charge in [-0.15, -0.1) is 0 Å². The van der Waals surface area contributed by atoms with Crippen molar-refractivity contribution in [3.05, 3.63) is 60.4 Å². The van der Waals surface area contributed by atoms with Crippen LogP contribution in [0.3, 0.4) is 0 Å². The van der Waals surface area contributed by atoms with Crippen LogP contribution in [0.5, 0.6) is 0 Å². The third kappa shape index (κ3) is 3.28. The molecule has 0 radical (unpaired) electrons. The third-order valence-corrected chi connectivity index (χ3v) is 2.93. The quantitative estimate of drug-likeness (QED) is 0.883. The van der Waals surface area contributed by atoms with Crippen LogP contribution in [-0.4, -0.2) is 10.9 Å². The molecule has 0 atom stereocenters. The van der Waals surface area contributed by atoms with Crippen LogP contribution in [0.25, 0.3) is 16.7 Å². The molecule has 2 N–H and O–H groups in total. The van der Waals surface area contributed by atoms with Crippen molar-refractivity contribution in [1.29, 1.82) is 0 Å². The first-order valence-corrected chi connectivity index (χ1v) is 5.91. The van der Waals surface area contributed by atoms with Crippen LogP contribution >= 0.6 is 0 Å². The Bertz CT molecular complexity index is 691. The second-order valence-electron chi connectivity index (χ2n) is 4.38. The first-order chi connectivity index (χ1) is 9.79. The van der Waals surface area contributed by atoms with E-state index in [-0.39, 0.29) is 5.57 Å². The number of carbonyl (C=O) groups is 1. The van der Waals surface area contributed by atoms with Gasteiger partial charge in [0.1, 0.15) is 0 Å². The van der Waals surface area contributed by atoms with Crippen molar-refractivity contribution in [2.24, 2.45) is 5.73 Å². The average molecular weight is 292 g/mol. The van der Waals surface area contributed by atoms with E-state index in [1.165, 1.54) is 6.20 Å². The van der Waals surface area contributed by atoms with Crippen molar-refractivity contribution in [2.45, 2.75) is 6.18 Å². The van der Waals surface area contributed by atoms with Gasteiger partial charge in [-0.3, -0.25) is 9.78 Å². The molecular weight excluding hydrogens is 281 g/mol. The molecule has 0 saturated heterocycles. The number of amides is 1. The van der Waals surface area contributed by atoms with Crippen LogP contribution in [-0.2, 0) is 11.0 Å². The lowest BCUT2D eigenvalue weighted by Crippen LogP contribution is -2.11. The Labute approximate surface area is 118 Å². The molecule has 2 rings (SSSR count). The highest BCUT2D eigenvalue weighted by Crippen LogP contribution is 2.31. The maximum absolute atomic E-state index is 12.6. The molecule has 0 saturated carbocycles. The molecule has 0 fully saturated rings. The van der Waals surface area contributed by atoms with Crippen LogP contribution < -0.4 is 5.73 Å². The van der Waals surface area contributed by atoms with Gasteiger partial charge in [-0.2, -0.15) is 13.2 Å². The van der Waals surface area contributed by atoms with Crippen LogP contribution in [0.15, 0.2) is 49.3 Å².